The van der Waals surface area contributed by atoms with Gasteiger partial charge in [0.2, 0.25) is 11.8 Å². The van der Waals surface area contributed by atoms with Gasteiger partial charge in [-0.05, 0) is 24.6 Å². The van der Waals surface area contributed by atoms with Crippen LogP contribution < -0.4 is 5.32 Å². The highest BCUT2D eigenvalue weighted by molar-refractivity contribution is 6.31. The zero-order chi connectivity index (χ0) is 17.6. The maximum atomic E-state index is 12.7. The number of anilines is 1. The molecule has 0 spiro atoms. The molecule has 0 saturated heterocycles. The molecule has 4 nitrogen and oxygen atoms in total. The van der Waals surface area contributed by atoms with Gasteiger partial charge in [-0.15, -0.1) is 0 Å². The van der Waals surface area contributed by atoms with E-state index in [0.29, 0.717) is 6.54 Å². The predicted octanol–water partition coefficient (Wildman–Crippen LogP) is 3.95. The fourth-order valence-corrected chi connectivity index (χ4v) is 2.04. The van der Waals surface area contributed by atoms with Crippen LogP contribution in [0.15, 0.2) is 18.2 Å². The van der Waals surface area contributed by atoms with Crippen molar-refractivity contribution in [1.29, 1.82) is 0 Å². The highest BCUT2D eigenvalue weighted by Crippen LogP contribution is 2.36. The van der Waals surface area contributed by atoms with Gasteiger partial charge in [0.1, 0.15) is 6.42 Å². The molecule has 0 aliphatic carbocycles. The molecule has 0 bridgehead atoms. The van der Waals surface area contributed by atoms with E-state index in [9.17, 15) is 22.8 Å². The number of rotatable bonds is 6. The average Bonchev–Trinajstić information content (AvgIpc) is 2.45. The summed E-state index contributed by atoms with van der Waals surface area (Å²) in [5, 5.41) is 1.83. The van der Waals surface area contributed by atoms with Crippen LogP contribution in [0.4, 0.5) is 18.9 Å². The van der Waals surface area contributed by atoms with Crippen molar-refractivity contribution in [2.45, 2.75) is 32.4 Å². The molecule has 0 saturated carbocycles. The van der Waals surface area contributed by atoms with Crippen molar-refractivity contribution in [1.82, 2.24) is 4.90 Å². The first-order valence-electron chi connectivity index (χ1n) is 7.05. The molecule has 1 aromatic rings. The minimum absolute atomic E-state index is 0.0595. The summed E-state index contributed by atoms with van der Waals surface area (Å²) in [7, 11) is 1.58. The Morgan fingerprint density at radius 3 is 2.52 bits per heavy atom. The van der Waals surface area contributed by atoms with Gasteiger partial charge >= 0.3 is 6.18 Å². The third-order valence-corrected chi connectivity index (χ3v) is 3.47. The number of hydrogen-bond acceptors (Lipinski definition) is 2. The molecule has 23 heavy (non-hydrogen) atoms. The first-order chi connectivity index (χ1) is 10.6. The van der Waals surface area contributed by atoms with E-state index in [1.54, 1.807) is 7.05 Å². The number of nitrogens with zero attached hydrogens (tertiary/aromatic N) is 1. The number of hydrogen-bond donors (Lipinski definition) is 1. The van der Waals surface area contributed by atoms with Gasteiger partial charge in [-0.25, -0.2) is 0 Å². The Morgan fingerprint density at radius 1 is 1.30 bits per heavy atom. The standard InChI is InChI=1S/C15H18ClF3N2O2/c1-3-4-7-21(2)14(23)9-13(22)20-10-5-6-12(16)11(8-10)15(17,18)19/h5-6,8H,3-4,7,9H2,1-2H3,(H,20,22). The van der Waals surface area contributed by atoms with Crippen LogP contribution in [0.2, 0.25) is 5.02 Å². The Kier molecular flexibility index (Phi) is 6.87. The van der Waals surface area contributed by atoms with Crippen molar-refractivity contribution in [3.05, 3.63) is 28.8 Å². The van der Waals surface area contributed by atoms with Crippen molar-refractivity contribution in [3.8, 4) is 0 Å². The van der Waals surface area contributed by atoms with E-state index in [2.05, 4.69) is 5.32 Å². The van der Waals surface area contributed by atoms with Crippen LogP contribution in [0.1, 0.15) is 31.7 Å². The Balaban J connectivity index is 2.70. The maximum absolute atomic E-state index is 12.7. The average molecular weight is 351 g/mol. The van der Waals surface area contributed by atoms with Gasteiger partial charge in [-0.1, -0.05) is 24.9 Å². The summed E-state index contributed by atoms with van der Waals surface area (Å²) in [6, 6.07) is 3.04. The minimum atomic E-state index is -4.62. The molecule has 2 amide bonds. The second-order valence-corrected chi connectivity index (χ2v) is 5.49. The molecule has 0 atom stereocenters. The van der Waals surface area contributed by atoms with E-state index in [1.807, 2.05) is 6.92 Å². The SMILES string of the molecule is CCCCN(C)C(=O)CC(=O)Nc1ccc(Cl)c(C(F)(F)F)c1. The number of benzene rings is 1. The van der Waals surface area contributed by atoms with Crippen LogP contribution in [-0.2, 0) is 15.8 Å². The van der Waals surface area contributed by atoms with Crippen LogP contribution in [0.5, 0.6) is 0 Å². The topological polar surface area (TPSA) is 49.4 Å². The fraction of sp³-hybridized carbons (Fsp3) is 0.467. The largest absolute Gasteiger partial charge is 0.417 e. The number of carbonyl (C=O) groups is 2. The number of halogens is 4. The molecule has 1 N–H and O–H groups in total. The van der Waals surface area contributed by atoms with Gasteiger partial charge in [0.05, 0.1) is 10.6 Å². The first kappa shape index (κ1) is 19.3. The predicted molar refractivity (Wildman–Crippen MR) is 82.2 cm³/mol. The minimum Gasteiger partial charge on any atom is -0.345 e. The highest BCUT2D eigenvalue weighted by atomic mass is 35.5. The molecule has 0 heterocycles. The first-order valence-corrected chi connectivity index (χ1v) is 7.43. The van der Waals surface area contributed by atoms with E-state index in [1.165, 1.54) is 11.0 Å². The molecule has 8 heteroatoms. The molecule has 0 aromatic heterocycles. The molecular weight excluding hydrogens is 333 g/mol. The lowest BCUT2D eigenvalue weighted by Gasteiger charge is -2.16. The van der Waals surface area contributed by atoms with Gasteiger partial charge in [-0.2, -0.15) is 13.2 Å². The van der Waals surface area contributed by atoms with Gasteiger partial charge in [-0.3, -0.25) is 9.59 Å². The van der Waals surface area contributed by atoms with Gasteiger partial charge in [0, 0.05) is 19.3 Å². The second-order valence-electron chi connectivity index (χ2n) is 5.09. The van der Waals surface area contributed by atoms with E-state index < -0.39 is 29.1 Å². The third-order valence-electron chi connectivity index (χ3n) is 3.14. The smallest absolute Gasteiger partial charge is 0.345 e. The summed E-state index contributed by atoms with van der Waals surface area (Å²) < 4.78 is 38.2. The van der Waals surface area contributed by atoms with Crippen LogP contribution in [0, 0.1) is 0 Å². The molecule has 0 radical (unpaired) electrons. The van der Waals surface area contributed by atoms with E-state index in [4.69, 9.17) is 11.6 Å². The molecule has 128 valence electrons. The fourth-order valence-electron chi connectivity index (χ4n) is 1.82. The van der Waals surface area contributed by atoms with Gasteiger partial charge in [0.25, 0.3) is 0 Å². The van der Waals surface area contributed by atoms with Crippen molar-refractivity contribution in [3.63, 3.8) is 0 Å². The highest BCUT2D eigenvalue weighted by Gasteiger charge is 2.33. The number of nitrogens with one attached hydrogen (secondary N) is 1. The maximum Gasteiger partial charge on any atom is 0.417 e. The van der Waals surface area contributed by atoms with Gasteiger partial charge in [0.15, 0.2) is 0 Å². The molecule has 1 rings (SSSR count). The number of alkyl halides is 3. The number of amides is 2. The lowest BCUT2D eigenvalue weighted by atomic mass is 10.2. The van der Waals surface area contributed by atoms with Crippen LogP contribution in [0.25, 0.3) is 0 Å². The Hall–Kier alpha value is -1.76. The zero-order valence-corrected chi connectivity index (χ0v) is 13.6. The van der Waals surface area contributed by atoms with Crippen molar-refractivity contribution < 1.29 is 22.8 Å². The number of unbranched alkanes of at least 4 members (excludes halogenated alkanes) is 1. The van der Waals surface area contributed by atoms with Gasteiger partial charge < -0.3 is 10.2 Å². The third kappa shape index (κ3) is 6.09. The van der Waals surface area contributed by atoms with Crippen molar-refractivity contribution in [2.24, 2.45) is 0 Å². The van der Waals surface area contributed by atoms with E-state index >= 15 is 0 Å². The van der Waals surface area contributed by atoms with Crippen molar-refractivity contribution >= 4 is 29.1 Å². The lowest BCUT2D eigenvalue weighted by Crippen LogP contribution is -2.31. The second kappa shape index (κ2) is 8.19. The summed E-state index contributed by atoms with van der Waals surface area (Å²) in [4.78, 5) is 25.0. The quantitative estimate of drug-likeness (QED) is 0.790. The van der Waals surface area contributed by atoms with Crippen LogP contribution in [0.3, 0.4) is 0 Å². The summed E-state index contributed by atoms with van der Waals surface area (Å²) in [6.45, 7) is 2.51. The van der Waals surface area contributed by atoms with Crippen LogP contribution in [-0.4, -0.2) is 30.3 Å². The monoisotopic (exact) mass is 350 g/mol. The normalized spacial score (nSPS) is 11.2. The zero-order valence-electron chi connectivity index (χ0n) is 12.8. The van der Waals surface area contributed by atoms with Crippen LogP contribution >= 0.6 is 11.6 Å². The molecular formula is C15H18ClF3N2O2. The summed E-state index contributed by atoms with van der Waals surface area (Å²) in [5.74, 6) is -1.06. The number of carbonyl (C=O) groups excluding carboxylic acids is 2. The van der Waals surface area contributed by atoms with Crippen molar-refractivity contribution in [2.75, 3.05) is 18.9 Å². The molecule has 0 aliphatic rings. The Morgan fingerprint density at radius 2 is 1.96 bits per heavy atom. The molecule has 0 aliphatic heterocycles. The molecule has 1 aromatic carbocycles. The molecule has 0 unspecified atom stereocenters. The Labute approximate surface area is 137 Å². The van der Waals surface area contributed by atoms with E-state index in [0.717, 1.165) is 25.0 Å². The summed E-state index contributed by atoms with van der Waals surface area (Å²) in [6.07, 6.45) is -3.32. The summed E-state index contributed by atoms with van der Waals surface area (Å²) >= 11 is 5.50. The molecule has 0 fully saturated rings. The van der Waals surface area contributed by atoms with E-state index in [-0.39, 0.29) is 11.6 Å². The lowest BCUT2D eigenvalue weighted by molar-refractivity contribution is -0.137. The summed E-state index contributed by atoms with van der Waals surface area (Å²) in [5.41, 5.74) is -1.10. The Bertz CT molecular complexity index is 576.